The quantitative estimate of drug-likeness (QED) is 0.628. The first-order valence-corrected chi connectivity index (χ1v) is 3.19. The van der Waals surface area contributed by atoms with Crippen molar-refractivity contribution in [3.8, 4) is 5.88 Å². The average Bonchev–Trinajstić information content (AvgIpc) is 1.82. The number of pyridine rings is 1. The summed E-state index contributed by atoms with van der Waals surface area (Å²) in [6.07, 6.45) is -3.80. The van der Waals surface area contributed by atoms with Gasteiger partial charge in [-0.3, -0.25) is 5.11 Å². The fourth-order valence-electron chi connectivity index (χ4n) is 0.677. The van der Waals surface area contributed by atoms with Gasteiger partial charge in [0.05, 0.1) is 5.02 Å². The Morgan fingerprint density at radius 3 is 2.33 bits per heavy atom. The molecule has 0 bridgehead atoms. The lowest BCUT2D eigenvalue weighted by atomic mass is 10.2. The predicted octanol–water partition coefficient (Wildman–Crippen LogP) is 2.90. The van der Waals surface area contributed by atoms with E-state index in [1.54, 1.807) is 0 Å². The topological polar surface area (TPSA) is 32.8 Å². The molecule has 1 heterocycles. The minimum atomic E-state index is -4.73. The van der Waals surface area contributed by atoms with Crippen molar-refractivity contribution in [2.75, 3.05) is 0 Å². The first kappa shape index (κ1) is 9.12. The van der Waals surface area contributed by atoms with Crippen molar-refractivity contribution in [1.82, 2.24) is 4.98 Å². The summed E-state index contributed by atoms with van der Waals surface area (Å²) in [5.74, 6) is -1.35. The van der Waals surface area contributed by atoms with Gasteiger partial charge in [-0.2, -0.15) is 13.2 Å². The minimum absolute atomic E-state index is 0.623. The van der Waals surface area contributed by atoms with Gasteiger partial charge >= 0.3 is 6.18 Å². The van der Waals surface area contributed by atoms with Gasteiger partial charge in [0.15, 0.2) is 0 Å². The van der Waals surface area contributed by atoms with E-state index in [0.717, 1.165) is 12.3 Å². The number of halogens is 4. The van der Waals surface area contributed by atoms with Gasteiger partial charge in [0.2, 0.25) is 0 Å². The van der Waals surface area contributed by atoms with Gasteiger partial charge in [-0.1, -0.05) is 11.6 Å². The summed E-state index contributed by atoms with van der Waals surface area (Å²) in [7, 11) is 0. The molecule has 0 atom stereocenters. The Bertz CT molecular complexity index is 279. The van der Waals surface area contributed by atoms with E-state index in [0.29, 0.717) is 0 Å². The van der Waals surface area contributed by atoms with Crippen LogP contribution in [0.15, 0.2) is 12.3 Å². The molecular formula is C6H2ClF3NO. The van der Waals surface area contributed by atoms with Crippen molar-refractivity contribution in [2.24, 2.45) is 0 Å². The molecular weight excluding hydrogens is 195 g/mol. The standard InChI is InChI=1S/C6H2ClF3NO/c7-3-1-2-11-5(12)4(3)6(8,9)10/h1-2H. The molecule has 0 aliphatic heterocycles. The molecule has 0 N–H and O–H groups in total. The smallest absolute Gasteiger partial charge is 0.267 e. The van der Waals surface area contributed by atoms with Crippen LogP contribution in [0.1, 0.15) is 5.56 Å². The SMILES string of the molecule is [O]c1nccc(Cl)c1C(F)(F)F. The summed E-state index contributed by atoms with van der Waals surface area (Å²) < 4.78 is 36.0. The van der Waals surface area contributed by atoms with Gasteiger partial charge in [0.25, 0.3) is 5.88 Å². The molecule has 1 aromatic rings. The lowest BCUT2D eigenvalue weighted by molar-refractivity contribution is -0.139. The maximum absolute atomic E-state index is 12.0. The van der Waals surface area contributed by atoms with E-state index >= 15 is 0 Å². The van der Waals surface area contributed by atoms with Crippen molar-refractivity contribution in [2.45, 2.75) is 6.18 Å². The molecule has 2 nitrogen and oxygen atoms in total. The van der Waals surface area contributed by atoms with E-state index in [-0.39, 0.29) is 0 Å². The third kappa shape index (κ3) is 1.61. The summed E-state index contributed by atoms with van der Waals surface area (Å²) in [6, 6.07) is 0.922. The summed E-state index contributed by atoms with van der Waals surface area (Å²) in [5.41, 5.74) is -1.41. The van der Waals surface area contributed by atoms with Gasteiger partial charge in [-0.25, -0.2) is 4.98 Å². The summed E-state index contributed by atoms with van der Waals surface area (Å²) in [6.45, 7) is 0. The van der Waals surface area contributed by atoms with E-state index < -0.39 is 22.6 Å². The number of hydrogen-bond donors (Lipinski definition) is 0. The van der Waals surface area contributed by atoms with Crippen LogP contribution in [-0.2, 0) is 11.3 Å². The zero-order valence-electron chi connectivity index (χ0n) is 5.52. The number of alkyl halides is 3. The Labute approximate surface area is 70.6 Å². The Morgan fingerprint density at radius 2 is 2.00 bits per heavy atom. The Morgan fingerprint density at radius 1 is 1.42 bits per heavy atom. The highest BCUT2D eigenvalue weighted by Gasteiger charge is 2.37. The largest absolute Gasteiger partial charge is 0.423 e. The van der Waals surface area contributed by atoms with Crippen LogP contribution in [0.25, 0.3) is 0 Å². The predicted molar refractivity (Wildman–Crippen MR) is 34.4 cm³/mol. The summed E-state index contributed by atoms with van der Waals surface area (Å²) in [4.78, 5) is 2.95. The monoisotopic (exact) mass is 196 g/mol. The van der Waals surface area contributed by atoms with Crippen molar-refractivity contribution < 1.29 is 18.3 Å². The third-order valence-corrected chi connectivity index (χ3v) is 1.46. The minimum Gasteiger partial charge on any atom is -0.267 e. The molecule has 0 fully saturated rings. The second-order valence-electron chi connectivity index (χ2n) is 1.97. The molecule has 0 saturated carbocycles. The lowest BCUT2D eigenvalue weighted by Gasteiger charge is -2.07. The van der Waals surface area contributed by atoms with Crippen LogP contribution in [0.5, 0.6) is 5.88 Å². The molecule has 6 heteroatoms. The number of nitrogens with zero attached hydrogens (tertiary/aromatic N) is 1. The highest BCUT2D eigenvalue weighted by Crippen LogP contribution is 2.39. The maximum atomic E-state index is 12.0. The Kier molecular flexibility index (Phi) is 2.14. The molecule has 0 aliphatic rings. The van der Waals surface area contributed by atoms with Crippen LogP contribution < -0.4 is 0 Å². The van der Waals surface area contributed by atoms with Crippen molar-refractivity contribution in [1.29, 1.82) is 0 Å². The van der Waals surface area contributed by atoms with Crippen LogP contribution in [0.3, 0.4) is 0 Å². The molecule has 1 rings (SSSR count). The van der Waals surface area contributed by atoms with E-state index in [9.17, 15) is 18.3 Å². The van der Waals surface area contributed by atoms with Crippen molar-refractivity contribution >= 4 is 11.6 Å². The molecule has 0 amide bonds. The Balaban J connectivity index is 3.31. The molecule has 0 spiro atoms. The first-order chi connectivity index (χ1) is 5.43. The van der Waals surface area contributed by atoms with Crippen LogP contribution in [0.2, 0.25) is 5.02 Å². The fraction of sp³-hybridized carbons (Fsp3) is 0.167. The molecule has 65 valence electrons. The molecule has 12 heavy (non-hydrogen) atoms. The zero-order valence-corrected chi connectivity index (χ0v) is 6.28. The van der Waals surface area contributed by atoms with Crippen LogP contribution in [-0.4, -0.2) is 4.98 Å². The lowest BCUT2D eigenvalue weighted by Crippen LogP contribution is -2.06. The molecule has 0 aromatic carbocycles. The molecule has 1 aromatic heterocycles. The van der Waals surface area contributed by atoms with Gasteiger partial charge in [-0.15, -0.1) is 0 Å². The van der Waals surface area contributed by atoms with Gasteiger partial charge in [0.1, 0.15) is 5.56 Å². The van der Waals surface area contributed by atoms with Crippen molar-refractivity contribution in [3.05, 3.63) is 22.8 Å². The average molecular weight is 197 g/mol. The first-order valence-electron chi connectivity index (χ1n) is 2.81. The van der Waals surface area contributed by atoms with Gasteiger partial charge in [0, 0.05) is 6.20 Å². The van der Waals surface area contributed by atoms with E-state index in [1.807, 2.05) is 0 Å². The summed E-state index contributed by atoms with van der Waals surface area (Å²) >= 11 is 5.15. The van der Waals surface area contributed by atoms with Gasteiger partial charge in [-0.05, 0) is 6.07 Å². The second-order valence-corrected chi connectivity index (χ2v) is 2.38. The fourth-order valence-corrected chi connectivity index (χ4v) is 0.921. The van der Waals surface area contributed by atoms with Crippen LogP contribution in [0.4, 0.5) is 13.2 Å². The van der Waals surface area contributed by atoms with Crippen LogP contribution >= 0.6 is 11.6 Å². The van der Waals surface area contributed by atoms with Crippen molar-refractivity contribution in [3.63, 3.8) is 0 Å². The number of aromatic nitrogens is 1. The van der Waals surface area contributed by atoms with Gasteiger partial charge < -0.3 is 0 Å². The van der Waals surface area contributed by atoms with E-state index in [4.69, 9.17) is 11.6 Å². The highest BCUT2D eigenvalue weighted by molar-refractivity contribution is 6.31. The molecule has 0 saturated heterocycles. The zero-order chi connectivity index (χ0) is 9.35. The number of rotatable bonds is 0. The molecule has 1 radical (unpaired) electrons. The number of hydrogen-bond acceptors (Lipinski definition) is 1. The van der Waals surface area contributed by atoms with Crippen LogP contribution in [0, 0.1) is 0 Å². The second kappa shape index (κ2) is 2.82. The Hall–Kier alpha value is -0.970. The van der Waals surface area contributed by atoms with E-state index in [1.165, 1.54) is 0 Å². The molecule has 0 unspecified atom stereocenters. The maximum Gasteiger partial charge on any atom is 0.423 e. The summed E-state index contributed by atoms with van der Waals surface area (Å²) in [5, 5.41) is 9.95. The highest BCUT2D eigenvalue weighted by atomic mass is 35.5. The third-order valence-electron chi connectivity index (χ3n) is 1.15. The van der Waals surface area contributed by atoms with E-state index in [2.05, 4.69) is 4.98 Å². The molecule has 0 aliphatic carbocycles. The normalized spacial score (nSPS) is 11.7.